The summed E-state index contributed by atoms with van der Waals surface area (Å²) in [6.45, 7) is 1.48. The number of halogens is 1. The van der Waals surface area contributed by atoms with Gasteiger partial charge in [0.05, 0.1) is 17.4 Å². The van der Waals surface area contributed by atoms with E-state index in [2.05, 4.69) is 0 Å². The zero-order chi connectivity index (χ0) is 23.7. The van der Waals surface area contributed by atoms with Gasteiger partial charge in [0.25, 0.3) is 5.91 Å². The molecule has 0 N–H and O–H groups in total. The van der Waals surface area contributed by atoms with Crippen LogP contribution in [0.2, 0.25) is 0 Å². The summed E-state index contributed by atoms with van der Waals surface area (Å²) in [7, 11) is -5.68. The van der Waals surface area contributed by atoms with Crippen molar-refractivity contribution in [3.63, 3.8) is 0 Å². The number of benzene rings is 1. The summed E-state index contributed by atoms with van der Waals surface area (Å²) in [4.78, 5) is 26.0. The van der Waals surface area contributed by atoms with Crippen LogP contribution in [0.15, 0.2) is 29.2 Å². The molecule has 178 valence electrons. The molecule has 0 radical (unpaired) electrons. The second kappa shape index (κ2) is 9.44. The molecule has 1 aromatic carbocycles. The minimum absolute atomic E-state index is 0.0256. The quantitative estimate of drug-likeness (QED) is 0.541. The number of hydrogen-bond acceptors (Lipinski definition) is 7. The third-order valence-electron chi connectivity index (χ3n) is 5.99. The van der Waals surface area contributed by atoms with E-state index in [1.165, 1.54) is 37.1 Å². The number of piperidine rings is 1. The molecule has 2 aliphatic heterocycles. The number of sulfonamides is 1. The van der Waals surface area contributed by atoms with Gasteiger partial charge in [-0.25, -0.2) is 21.2 Å². The van der Waals surface area contributed by atoms with Crippen molar-refractivity contribution in [1.82, 2.24) is 9.21 Å². The van der Waals surface area contributed by atoms with E-state index < -0.39 is 60.5 Å². The fourth-order valence-corrected chi connectivity index (χ4v) is 7.30. The first kappa shape index (κ1) is 24.6. The van der Waals surface area contributed by atoms with E-state index in [1.807, 2.05) is 0 Å². The van der Waals surface area contributed by atoms with E-state index in [0.29, 0.717) is 6.42 Å². The molecule has 0 unspecified atom stereocenters. The minimum atomic E-state index is -4.01. The molecule has 0 bridgehead atoms. The van der Waals surface area contributed by atoms with Gasteiger partial charge in [-0.05, 0) is 38.3 Å². The standard InChI is InChI=1S/C20H27FN2O7S2/c1-14(19(24)22(2)16-9-12-31(26,27)13-16)30-20(25)15-7-10-23(11-8-15)32(28,29)18-6-4-3-5-17(18)21/h3-6,14-16H,7-13H2,1-2H3/t14-,16-/m0/s1. The molecular formula is C20H27FN2O7S2. The molecule has 1 aromatic rings. The van der Waals surface area contributed by atoms with Gasteiger partial charge in [-0.15, -0.1) is 0 Å². The SMILES string of the molecule is C[C@H](OC(=O)C1CCN(S(=O)(=O)c2ccccc2F)CC1)C(=O)N(C)[C@H]1CCS(=O)(=O)C1. The van der Waals surface area contributed by atoms with Crippen molar-refractivity contribution in [2.75, 3.05) is 31.6 Å². The van der Waals surface area contributed by atoms with Crippen molar-refractivity contribution in [2.45, 2.75) is 43.2 Å². The van der Waals surface area contributed by atoms with E-state index in [0.717, 1.165) is 10.4 Å². The monoisotopic (exact) mass is 490 g/mol. The summed E-state index contributed by atoms with van der Waals surface area (Å²) in [5.74, 6) is -2.60. The summed E-state index contributed by atoms with van der Waals surface area (Å²) in [5, 5.41) is 0. The normalized spacial score (nSPS) is 22.9. The second-order valence-corrected chi connectivity index (χ2v) is 12.3. The largest absolute Gasteiger partial charge is 0.452 e. The molecule has 12 heteroatoms. The molecule has 2 fully saturated rings. The highest BCUT2D eigenvalue weighted by atomic mass is 32.2. The van der Waals surface area contributed by atoms with Crippen molar-refractivity contribution in [1.29, 1.82) is 0 Å². The Morgan fingerprint density at radius 3 is 2.38 bits per heavy atom. The molecule has 32 heavy (non-hydrogen) atoms. The van der Waals surface area contributed by atoms with Gasteiger partial charge in [0, 0.05) is 26.2 Å². The summed E-state index contributed by atoms with van der Waals surface area (Å²) < 4.78 is 69.0. The molecule has 2 saturated heterocycles. The Labute approximate surface area is 187 Å². The summed E-state index contributed by atoms with van der Waals surface area (Å²) in [6, 6.07) is 4.68. The van der Waals surface area contributed by atoms with Crippen LogP contribution >= 0.6 is 0 Å². The molecule has 0 saturated carbocycles. The third-order valence-corrected chi connectivity index (χ3v) is 9.67. The van der Waals surface area contributed by atoms with Crippen LogP contribution in [0.3, 0.4) is 0 Å². The van der Waals surface area contributed by atoms with Gasteiger partial charge < -0.3 is 9.64 Å². The molecule has 2 atom stereocenters. The number of carbonyl (C=O) groups is 2. The third kappa shape index (κ3) is 5.29. The van der Waals surface area contributed by atoms with Crippen LogP contribution in [0.5, 0.6) is 0 Å². The number of carbonyl (C=O) groups excluding carboxylic acids is 2. The summed E-state index contributed by atoms with van der Waals surface area (Å²) in [6.07, 6.45) is -0.370. The molecule has 0 aromatic heterocycles. The van der Waals surface area contributed by atoms with Crippen LogP contribution in [0.4, 0.5) is 4.39 Å². The Morgan fingerprint density at radius 1 is 1.19 bits per heavy atom. The Hall–Kier alpha value is -2.05. The minimum Gasteiger partial charge on any atom is -0.452 e. The van der Waals surface area contributed by atoms with Crippen LogP contribution < -0.4 is 0 Å². The topological polar surface area (TPSA) is 118 Å². The van der Waals surface area contributed by atoms with Gasteiger partial charge in [0.1, 0.15) is 10.7 Å². The lowest BCUT2D eigenvalue weighted by atomic mass is 9.98. The molecular weight excluding hydrogens is 463 g/mol. The first-order chi connectivity index (χ1) is 14.9. The first-order valence-corrected chi connectivity index (χ1v) is 13.6. The highest BCUT2D eigenvalue weighted by molar-refractivity contribution is 7.91. The zero-order valence-corrected chi connectivity index (χ0v) is 19.6. The van der Waals surface area contributed by atoms with Crippen LogP contribution in [-0.2, 0) is 34.2 Å². The Kier molecular flexibility index (Phi) is 7.25. The first-order valence-electron chi connectivity index (χ1n) is 10.3. The average Bonchev–Trinajstić information content (AvgIpc) is 3.12. The molecule has 0 aliphatic carbocycles. The highest BCUT2D eigenvalue weighted by Crippen LogP contribution is 2.26. The van der Waals surface area contributed by atoms with E-state index in [9.17, 15) is 30.8 Å². The van der Waals surface area contributed by atoms with Gasteiger partial charge in [-0.1, -0.05) is 12.1 Å². The molecule has 3 rings (SSSR count). The number of amides is 1. The lowest BCUT2D eigenvalue weighted by Gasteiger charge is -2.31. The van der Waals surface area contributed by atoms with Gasteiger partial charge in [0.2, 0.25) is 10.0 Å². The Morgan fingerprint density at radius 2 is 1.81 bits per heavy atom. The maximum absolute atomic E-state index is 13.9. The maximum Gasteiger partial charge on any atom is 0.309 e. The van der Waals surface area contributed by atoms with Gasteiger partial charge >= 0.3 is 5.97 Å². The Balaban J connectivity index is 1.54. The molecule has 0 spiro atoms. The fraction of sp³-hybridized carbons (Fsp3) is 0.600. The number of hydrogen-bond donors (Lipinski definition) is 0. The number of rotatable bonds is 6. The summed E-state index contributed by atoms with van der Waals surface area (Å²) >= 11 is 0. The number of likely N-dealkylation sites (N-methyl/N-ethyl adjacent to an activating group) is 1. The number of ether oxygens (including phenoxy) is 1. The zero-order valence-electron chi connectivity index (χ0n) is 17.9. The maximum atomic E-state index is 13.9. The lowest BCUT2D eigenvalue weighted by molar-refractivity contribution is -0.163. The van der Waals surface area contributed by atoms with Crippen molar-refractivity contribution in [3.05, 3.63) is 30.1 Å². The van der Waals surface area contributed by atoms with Crippen LogP contribution in [-0.4, -0.2) is 81.7 Å². The van der Waals surface area contributed by atoms with E-state index in [4.69, 9.17) is 4.74 Å². The number of esters is 1. The summed E-state index contributed by atoms with van der Waals surface area (Å²) in [5.41, 5.74) is 0. The molecule has 2 aliphatic rings. The average molecular weight is 491 g/mol. The highest BCUT2D eigenvalue weighted by Gasteiger charge is 2.37. The van der Waals surface area contributed by atoms with Crippen LogP contribution in [0.25, 0.3) is 0 Å². The molecule has 1 amide bonds. The lowest BCUT2D eigenvalue weighted by Crippen LogP contribution is -2.45. The van der Waals surface area contributed by atoms with Gasteiger partial charge in [0.15, 0.2) is 15.9 Å². The van der Waals surface area contributed by atoms with Crippen molar-refractivity contribution in [3.8, 4) is 0 Å². The van der Waals surface area contributed by atoms with Crippen molar-refractivity contribution in [2.24, 2.45) is 5.92 Å². The molecule has 9 nitrogen and oxygen atoms in total. The Bertz CT molecular complexity index is 1080. The van der Waals surface area contributed by atoms with Crippen molar-refractivity contribution >= 4 is 31.7 Å². The van der Waals surface area contributed by atoms with Crippen LogP contribution in [0.1, 0.15) is 26.2 Å². The van der Waals surface area contributed by atoms with Crippen molar-refractivity contribution < 1.29 is 35.6 Å². The molecule has 2 heterocycles. The van der Waals surface area contributed by atoms with Gasteiger partial charge in [-0.2, -0.15) is 4.31 Å². The number of sulfone groups is 1. The predicted molar refractivity (Wildman–Crippen MR) is 113 cm³/mol. The predicted octanol–water partition coefficient (Wildman–Crippen LogP) is 0.804. The van der Waals surface area contributed by atoms with Gasteiger partial charge in [-0.3, -0.25) is 9.59 Å². The van der Waals surface area contributed by atoms with E-state index in [-0.39, 0.29) is 37.4 Å². The second-order valence-electron chi connectivity index (χ2n) is 8.19. The van der Waals surface area contributed by atoms with E-state index in [1.54, 1.807) is 0 Å². The van der Waals surface area contributed by atoms with E-state index >= 15 is 0 Å². The fourth-order valence-electron chi connectivity index (χ4n) is 3.99. The van der Waals surface area contributed by atoms with Crippen LogP contribution in [0, 0.1) is 11.7 Å². The number of nitrogens with zero attached hydrogens (tertiary/aromatic N) is 2. The smallest absolute Gasteiger partial charge is 0.309 e.